The molecule has 0 spiro atoms. The maximum absolute atomic E-state index is 12.6. The normalized spacial score (nSPS) is 13.2. The first kappa shape index (κ1) is 13.2. The number of nitrogens with one attached hydrogen (secondary N) is 1. The average molecular weight is 307 g/mol. The fourth-order valence-electron chi connectivity index (χ4n) is 2.63. The SMILES string of the molecule is O=C1NC(=O)c2cc(-n3cnc4c(O)cccc4c3=O)ccc21. The number of hydrogen-bond acceptors (Lipinski definition) is 5. The lowest BCUT2D eigenvalue weighted by molar-refractivity contribution is 0.0879. The highest BCUT2D eigenvalue weighted by Gasteiger charge is 2.27. The minimum Gasteiger partial charge on any atom is -0.506 e. The maximum atomic E-state index is 12.6. The summed E-state index contributed by atoms with van der Waals surface area (Å²) in [7, 11) is 0. The Morgan fingerprint density at radius 1 is 1.00 bits per heavy atom. The molecule has 0 saturated carbocycles. The van der Waals surface area contributed by atoms with Crippen LogP contribution >= 0.6 is 0 Å². The highest BCUT2D eigenvalue weighted by atomic mass is 16.3. The average Bonchev–Trinajstić information content (AvgIpc) is 2.83. The minimum atomic E-state index is -0.494. The van der Waals surface area contributed by atoms with E-state index in [-0.39, 0.29) is 33.3 Å². The van der Waals surface area contributed by atoms with Crippen molar-refractivity contribution in [1.29, 1.82) is 0 Å². The molecule has 2 aromatic carbocycles. The molecule has 7 heteroatoms. The third-order valence-corrected chi connectivity index (χ3v) is 3.76. The fraction of sp³-hybridized carbons (Fsp3) is 0. The van der Waals surface area contributed by atoms with Gasteiger partial charge in [0, 0.05) is 0 Å². The van der Waals surface area contributed by atoms with E-state index in [0.29, 0.717) is 5.69 Å². The van der Waals surface area contributed by atoms with Crippen LogP contribution in [0.5, 0.6) is 5.75 Å². The second kappa shape index (κ2) is 4.51. The molecule has 0 unspecified atom stereocenters. The number of nitrogens with zero attached hydrogens (tertiary/aromatic N) is 2. The second-order valence-corrected chi connectivity index (χ2v) is 5.11. The molecular formula is C16H9N3O4. The van der Waals surface area contributed by atoms with Crippen molar-refractivity contribution in [1.82, 2.24) is 14.9 Å². The molecular weight excluding hydrogens is 298 g/mol. The van der Waals surface area contributed by atoms with Crippen molar-refractivity contribution < 1.29 is 14.7 Å². The standard InChI is InChI=1S/C16H9N3O4/c20-12-3-1-2-10-13(12)17-7-19(16(10)23)8-4-5-9-11(6-8)15(22)18-14(9)21/h1-7,20H,(H,18,21,22). The van der Waals surface area contributed by atoms with Crippen LogP contribution < -0.4 is 10.9 Å². The second-order valence-electron chi connectivity index (χ2n) is 5.11. The van der Waals surface area contributed by atoms with Crippen LogP contribution in [0, 0.1) is 0 Å². The van der Waals surface area contributed by atoms with Gasteiger partial charge in [0.05, 0.1) is 22.2 Å². The highest BCUT2D eigenvalue weighted by molar-refractivity contribution is 6.21. The number of para-hydroxylation sites is 1. The van der Waals surface area contributed by atoms with E-state index in [1.165, 1.54) is 29.1 Å². The lowest BCUT2D eigenvalue weighted by Crippen LogP contribution is -2.20. The smallest absolute Gasteiger partial charge is 0.265 e. The van der Waals surface area contributed by atoms with E-state index >= 15 is 0 Å². The van der Waals surface area contributed by atoms with Crippen LogP contribution in [0.1, 0.15) is 20.7 Å². The summed E-state index contributed by atoms with van der Waals surface area (Å²) in [5, 5.41) is 12.2. The van der Waals surface area contributed by atoms with E-state index < -0.39 is 11.8 Å². The quantitative estimate of drug-likeness (QED) is 0.652. The van der Waals surface area contributed by atoms with Gasteiger partial charge in [0.15, 0.2) is 0 Å². The van der Waals surface area contributed by atoms with Gasteiger partial charge in [-0.1, -0.05) is 6.07 Å². The van der Waals surface area contributed by atoms with E-state index in [2.05, 4.69) is 10.3 Å². The topological polar surface area (TPSA) is 101 Å². The number of phenolic OH excluding ortho intramolecular Hbond substituents is 1. The molecule has 0 radical (unpaired) electrons. The molecule has 1 aliphatic rings. The summed E-state index contributed by atoms with van der Waals surface area (Å²) in [5.41, 5.74) is 0.739. The first-order chi connectivity index (χ1) is 11.1. The number of aromatic nitrogens is 2. The predicted octanol–water partition coefficient (Wildman–Crippen LogP) is 0.975. The van der Waals surface area contributed by atoms with Crippen LogP contribution in [0.4, 0.5) is 0 Å². The molecule has 4 rings (SSSR count). The summed E-state index contributed by atoms with van der Waals surface area (Å²) < 4.78 is 1.26. The molecule has 0 atom stereocenters. The first-order valence-electron chi connectivity index (χ1n) is 6.76. The van der Waals surface area contributed by atoms with Gasteiger partial charge in [0.25, 0.3) is 17.4 Å². The summed E-state index contributed by atoms with van der Waals surface area (Å²) in [6, 6.07) is 9.08. The summed E-state index contributed by atoms with van der Waals surface area (Å²) in [4.78, 5) is 40.0. The van der Waals surface area contributed by atoms with Crippen LogP contribution in [-0.2, 0) is 0 Å². The zero-order chi connectivity index (χ0) is 16.1. The third-order valence-electron chi connectivity index (χ3n) is 3.76. The Morgan fingerprint density at radius 2 is 1.78 bits per heavy atom. The van der Waals surface area contributed by atoms with E-state index in [9.17, 15) is 19.5 Å². The van der Waals surface area contributed by atoms with Gasteiger partial charge in [-0.25, -0.2) is 4.98 Å². The monoisotopic (exact) mass is 307 g/mol. The number of hydrogen-bond donors (Lipinski definition) is 2. The van der Waals surface area contributed by atoms with Crippen molar-refractivity contribution in [2.75, 3.05) is 0 Å². The Balaban J connectivity index is 1.96. The number of benzene rings is 2. The molecule has 2 amide bonds. The van der Waals surface area contributed by atoms with Crippen molar-refractivity contribution in [2.45, 2.75) is 0 Å². The van der Waals surface area contributed by atoms with Gasteiger partial charge in [0.2, 0.25) is 0 Å². The highest BCUT2D eigenvalue weighted by Crippen LogP contribution is 2.21. The molecule has 1 aromatic heterocycles. The van der Waals surface area contributed by atoms with Crippen LogP contribution in [-0.4, -0.2) is 26.5 Å². The Bertz CT molecular complexity index is 1070. The largest absolute Gasteiger partial charge is 0.506 e. The number of fused-ring (bicyclic) bond motifs is 2. The Kier molecular flexibility index (Phi) is 2.59. The molecule has 23 heavy (non-hydrogen) atoms. The van der Waals surface area contributed by atoms with Crippen molar-refractivity contribution in [2.24, 2.45) is 0 Å². The number of rotatable bonds is 1. The molecule has 0 bridgehead atoms. The lowest BCUT2D eigenvalue weighted by Gasteiger charge is -2.08. The minimum absolute atomic E-state index is 0.0781. The molecule has 0 fully saturated rings. The summed E-state index contributed by atoms with van der Waals surface area (Å²) >= 11 is 0. The van der Waals surface area contributed by atoms with Gasteiger partial charge in [-0.05, 0) is 30.3 Å². The van der Waals surface area contributed by atoms with E-state index in [1.54, 1.807) is 18.2 Å². The molecule has 2 N–H and O–H groups in total. The van der Waals surface area contributed by atoms with Gasteiger partial charge >= 0.3 is 0 Å². The third kappa shape index (κ3) is 1.83. The van der Waals surface area contributed by atoms with Crippen molar-refractivity contribution in [3.8, 4) is 11.4 Å². The van der Waals surface area contributed by atoms with Gasteiger partial charge in [-0.2, -0.15) is 0 Å². The number of amides is 2. The van der Waals surface area contributed by atoms with Crippen LogP contribution in [0.3, 0.4) is 0 Å². The van der Waals surface area contributed by atoms with Crippen molar-refractivity contribution in [3.63, 3.8) is 0 Å². The Labute approximate surface area is 128 Å². The van der Waals surface area contributed by atoms with Crippen LogP contribution in [0.15, 0.2) is 47.5 Å². The lowest BCUT2D eigenvalue weighted by atomic mass is 10.1. The van der Waals surface area contributed by atoms with Crippen LogP contribution in [0.2, 0.25) is 0 Å². The summed E-state index contributed by atoms with van der Waals surface area (Å²) in [6.07, 6.45) is 1.28. The van der Waals surface area contributed by atoms with Gasteiger partial charge in [-0.3, -0.25) is 24.3 Å². The molecule has 1 aliphatic heterocycles. The molecule has 112 valence electrons. The molecule has 0 aliphatic carbocycles. The summed E-state index contributed by atoms with van der Waals surface area (Å²) in [6.45, 7) is 0. The number of phenols is 1. The zero-order valence-corrected chi connectivity index (χ0v) is 11.6. The van der Waals surface area contributed by atoms with Gasteiger partial charge < -0.3 is 5.11 Å². The predicted molar refractivity (Wildman–Crippen MR) is 80.8 cm³/mol. The number of imide groups is 1. The fourth-order valence-corrected chi connectivity index (χ4v) is 2.63. The van der Waals surface area contributed by atoms with E-state index in [4.69, 9.17) is 0 Å². The molecule has 7 nitrogen and oxygen atoms in total. The van der Waals surface area contributed by atoms with Crippen LogP contribution in [0.25, 0.3) is 16.6 Å². The maximum Gasteiger partial charge on any atom is 0.265 e. The number of carbonyl (C=O) groups excluding carboxylic acids is 2. The van der Waals surface area contributed by atoms with E-state index in [1.807, 2.05) is 0 Å². The number of aromatic hydroxyl groups is 1. The van der Waals surface area contributed by atoms with E-state index in [0.717, 1.165) is 0 Å². The first-order valence-corrected chi connectivity index (χ1v) is 6.76. The number of carbonyl (C=O) groups is 2. The van der Waals surface area contributed by atoms with Crippen molar-refractivity contribution >= 4 is 22.7 Å². The Hall–Kier alpha value is -3.48. The van der Waals surface area contributed by atoms with Crippen molar-refractivity contribution in [3.05, 3.63) is 64.2 Å². The van der Waals surface area contributed by atoms with Gasteiger partial charge in [-0.15, -0.1) is 0 Å². The Morgan fingerprint density at radius 3 is 2.61 bits per heavy atom. The zero-order valence-electron chi connectivity index (χ0n) is 11.6. The van der Waals surface area contributed by atoms with Gasteiger partial charge in [0.1, 0.15) is 17.6 Å². The molecule has 3 aromatic rings. The molecule has 2 heterocycles. The summed E-state index contributed by atoms with van der Waals surface area (Å²) in [5.74, 6) is -1.03. The molecule has 0 saturated heterocycles.